The molecule has 170 valence electrons. The highest BCUT2D eigenvalue weighted by atomic mass is 127. The van der Waals surface area contributed by atoms with Crippen LogP contribution in [0.5, 0.6) is 0 Å². The highest BCUT2D eigenvalue weighted by molar-refractivity contribution is 14.1. The second-order valence-corrected chi connectivity index (χ2v) is 9.95. The minimum Gasteiger partial charge on any atom is -0.348 e. The third-order valence-corrected chi connectivity index (χ3v) is 6.95. The van der Waals surface area contributed by atoms with E-state index in [1.54, 1.807) is 30.3 Å². The zero-order valence-corrected chi connectivity index (χ0v) is 20.8. The van der Waals surface area contributed by atoms with E-state index in [2.05, 4.69) is 27.9 Å². The average molecular weight is 581 g/mol. The van der Waals surface area contributed by atoms with Gasteiger partial charge in [0.1, 0.15) is 11.6 Å². The molecule has 1 aliphatic heterocycles. The standard InChI is InChI=1S/C25H20ClF2IN2O2/c1-25(2)22-20(29)10-15(23(32)30-12-14-5-3-6-16(27)9-14)11-21(22)31(24(25)33)13-17-18(26)7-4-8-19(17)28/h3-11H,12-13H2,1-2H3,(H,30,32). The van der Waals surface area contributed by atoms with E-state index in [4.69, 9.17) is 11.6 Å². The summed E-state index contributed by atoms with van der Waals surface area (Å²) in [6.45, 7) is 3.72. The smallest absolute Gasteiger partial charge is 0.251 e. The molecule has 3 aromatic carbocycles. The van der Waals surface area contributed by atoms with Crippen molar-refractivity contribution in [1.29, 1.82) is 0 Å². The number of nitrogens with zero attached hydrogens (tertiary/aromatic N) is 1. The van der Waals surface area contributed by atoms with Gasteiger partial charge in [-0.05, 0) is 78.4 Å². The van der Waals surface area contributed by atoms with Crippen molar-refractivity contribution in [2.24, 2.45) is 0 Å². The van der Waals surface area contributed by atoms with Crippen molar-refractivity contribution >= 4 is 51.7 Å². The van der Waals surface area contributed by atoms with Crippen molar-refractivity contribution in [3.63, 3.8) is 0 Å². The summed E-state index contributed by atoms with van der Waals surface area (Å²) in [7, 11) is 0. The monoisotopic (exact) mass is 580 g/mol. The molecule has 0 unspecified atom stereocenters. The summed E-state index contributed by atoms with van der Waals surface area (Å²) in [5.41, 5.74) is 1.68. The Hall–Kier alpha value is -2.52. The van der Waals surface area contributed by atoms with Crippen LogP contribution in [0.3, 0.4) is 0 Å². The van der Waals surface area contributed by atoms with Crippen LogP contribution in [0.15, 0.2) is 54.6 Å². The summed E-state index contributed by atoms with van der Waals surface area (Å²) in [4.78, 5) is 27.7. The highest BCUT2D eigenvalue weighted by Crippen LogP contribution is 2.45. The van der Waals surface area contributed by atoms with Gasteiger partial charge >= 0.3 is 0 Å². The fraction of sp³-hybridized carbons (Fsp3) is 0.200. The van der Waals surface area contributed by atoms with E-state index < -0.39 is 11.2 Å². The predicted octanol–water partition coefficient (Wildman–Crippen LogP) is 5.98. The van der Waals surface area contributed by atoms with Crippen molar-refractivity contribution < 1.29 is 18.4 Å². The Morgan fingerprint density at radius 1 is 1.12 bits per heavy atom. The third-order valence-electron chi connectivity index (χ3n) is 5.75. The van der Waals surface area contributed by atoms with Crippen molar-refractivity contribution in [3.8, 4) is 0 Å². The van der Waals surface area contributed by atoms with E-state index in [-0.39, 0.29) is 41.3 Å². The second kappa shape index (κ2) is 9.02. The number of fused-ring (bicyclic) bond motifs is 1. The lowest BCUT2D eigenvalue weighted by atomic mass is 9.86. The van der Waals surface area contributed by atoms with Crippen LogP contribution in [0.4, 0.5) is 14.5 Å². The molecule has 4 nitrogen and oxygen atoms in total. The maximum absolute atomic E-state index is 14.5. The first-order valence-electron chi connectivity index (χ1n) is 10.2. The molecule has 3 aromatic rings. The third kappa shape index (κ3) is 4.48. The lowest BCUT2D eigenvalue weighted by Crippen LogP contribution is -2.36. The molecule has 8 heteroatoms. The van der Waals surface area contributed by atoms with Crippen LogP contribution in [0, 0.1) is 15.2 Å². The van der Waals surface area contributed by atoms with Gasteiger partial charge in [0, 0.05) is 31.8 Å². The van der Waals surface area contributed by atoms with Crippen molar-refractivity contribution in [2.45, 2.75) is 32.4 Å². The first-order chi connectivity index (χ1) is 15.6. The number of anilines is 1. The lowest BCUT2D eigenvalue weighted by Gasteiger charge is -2.21. The first-order valence-corrected chi connectivity index (χ1v) is 11.7. The number of nitrogens with one attached hydrogen (secondary N) is 1. The second-order valence-electron chi connectivity index (χ2n) is 8.38. The molecule has 0 saturated carbocycles. The van der Waals surface area contributed by atoms with Crippen molar-refractivity contribution in [2.75, 3.05) is 4.90 Å². The largest absolute Gasteiger partial charge is 0.348 e. The van der Waals surface area contributed by atoms with Gasteiger partial charge in [-0.3, -0.25) is 9.59 Å². The Bertz CT molecular complexity index is 1260. The molecule has 33 heavy (non-hydrogen) atoms. The van der Waals surface area contributed by atoms with Crippen LogP contribution in [-0.4, -0.2) is 11.8 Å². The maximum atomic E-state index is 14.5. The van der Waals surface area contributed by atoms with Gasteiger partial charge in [-0.25, -0.2) is 8.78 Å². The summed E-state index contributed by atoms with van der Waals surface area (Å²) in [6.07, 6.45) is 0. The summed E-state index contributed by atoms with van der Waals surface area (Å²) < 4.78 is 28.6. The molecule has 0 bridgehead atoms. The minimum atomic E-state index is -0.847. The van der Waals surface area contributed by atoms with Gasteiger partial charge in [0.15, 0.2) is 0 Å². The summed E-state index contributed by atoms with van der Waals surface area (Å²) in [5, 5.41) is 3.01. The van der Waals surface area contributed by atoms with Crippen molar-refractivity contribution in [3.05, 3.63) is 97.1 Å². The molecule has 0 spiro atoms. The van der Waals surface area contributed by atoms with E-state index in [9.17, 15) is 18.4 Å². The van der Waals surface area contributed by atoms with Gasteiger partial charge in [0.25, 0.3) is 5.91 Å². The van der Waals surface area contributed by atoms with Crippen LogP contribution >= 0.6 is 34.2 Å². The number of halogens is 4. The Morgan fingerprint density at radius 3 is 2.55 bits per heavy atom. The fourth-order valence-corrected chi connectivity index (χ4v) is 5.55. The molecule has 1 heterocycles. The van der Waals surface area contributed by atoms with Gasteiger partial charge in [-0.1, -0.05) is 29.8 Å². The van der Waals surface area contributed by atoms with Gasteiger partial charge in [-0.15, -0.1) is 0 Å². The molecule has 2 amide bonds. The molecule has 0 aliphatic carbocycles. The van der Waals surface area contributed by atoms with Crippen LogP contribution in [0.25, 0.3) is 0 Å². The van der Waals surface area contributed by atoms with Gasteiger partial charge in [0.2, 0.25) is 5.91 Å². The molecule has 1 N–H and O–H groups in total. The average Bonchev–Trinajstić information content (AvgIpc) is 2.95. The number of rotatable bonds is 5. The SMILES string of the molecule is CC1(C)C(=O)N(Cc2c(F)cccc2Cl)c2cc(C(=O)NCc3cccc(F)c3)cc(I)c21. The fourth-order valence-electron chi connectivity index (χ4n) is 4.04. The lowest BCUT2D eigenvalue weighted by molar-refractivity contribution is -0.122. The van der Waals surface area contributed by atoms with Gasteiger partial charge in [0.05, 0.1) is 17.6 Å². The Morgan fingerprint density at radius 2 is 1.85 bits per heavy atom. The number of hydrogen-bond donors (Lipinski definition) is 1. The molecule has 0 aromatic heterocycles. The highest BCUT2D eigenvalue weighted by Gasteiger charge is 2.46. The summed E-state index contributed by atoms with van der Waals surface area (Å²) in [5.74, 6) is -1.44. The first kappa shape index (κ1) is 23.6. The minimum absolute atomic E-state index is 0.0504. The molecular formula is C25H20ClF2IN2O2. The van der Waals surface area contributed by atoms with E-state index in [1.807, 2.05) is 13.8 Å². The van der Waals surface area contributed by atoms with E-state index in [0.717, 1.165) is 9.13 Å². The Kier molecular flexibility index (Phi) is 6.46. The zero-order valence-electron chi connectivity index (χ0n) is 17.9. The van der Waals surface area contributed by atoms with E-state index >= 15 is 0 Å². The predicted molar refractivity (Wildman–Crippen MR) is 132 cm³/mol. The molecule has 1 aliphatic rings. The molecule has 0 radical (unpaired) electrons. The summed E-state index contributed by atoms with van der Waals surface area (Å²) >= 11 is 8.32. The normalized spacial score (nSPS) is 14.4. The molecular weight excluding hydrogens is 561 g/mol. The van der Waals surface area contributed by atoms with Crippen LogP contribution in [0.1, 0.15) is 40.9 Å². The summed E-state index contributed by atoms with van der Waals surface area (Å²) in [6, 6.07) is 13.7. The van der Waals surface area contributed by atoms with Crippen LogP contribution < -0.4 is 10.2 Å². The number of carbonyl (C=O) groups is 2. The topological polar surface area (TPSA) is 49.4 Å². The Balaban J connectivity index is 1.68. The molecule has 0 atom stereocenters. The molecule has 4 rings (SSSR count). The number of benzene rings is 3. The molecule has 0 saturated heterocycles. The Labute approximate surface area is 209 Å². The molecule has 0 fully saturated rings. The van der Waals surface area contributed by atoms with Crippen LogP contribution in [0.2, 0.25) is 5.02 Å². The zero-order chi connectivity index (χ0) is 23.9. The number of hydrogen-bond acceptors (Lipinski definition) is 2. The van der Waals surface area contributed by atoms with E-state index in [0.29, 0.717) is 16.8 Å². The maximum Gasteiger partial charge on any atom is 0.251 e. The van der Waals surface area contributed by atoms with E-state index in [1.165, 1.54) is 29.2 Å². The number of amides is 2. The van der Waals surface area contributed by atoms with Crippen LogP contribution in [-0.2, 0) is 23.3 Å². The van der Waals surface area contributed by atoms with Gasteiger partial charge < -0.3 is 10.2 Å². The number of carbonyl (C=O) groups excluding carboxylic acids is 2. The quantitative estimate of drug-likeness (QED) is 0.378. The van der Waals surface area contributed by atoms with Crippen molar-refractivity contribution in [1.82, 2.24) is 5.32 Å². The van der Waals surface area contributed by atoms with Gasteiger partial charge in [-0.2, -0.15) is 0 Å².